The fourth-order valence-electron chi connectivity index (χ4n) is 4.53. The largest absolute Gasteiger partial charge is 0.332 e. The van der Waals surface area contributed by atoms with Gasteiger partial charge in [-0.25, -0.2) is 9.48 Å². The van der Waals surface area contributed by atoms with Crippen molar-refractivity contribution in [1.29, 1.82) is 0 Å². The number of imidazole rings is 1. The zero-order valence-electron chi connectivity index (χ0n) is 19.2. The zero-order chi connectivity index (χ0) is 23.3. The molecule has 0 amide bonds. The maximum atomic E-state index is 13.7. The van der Waals surface area contributed by atoms with Gasteiger partial charge in [0.2, 0.25) is 5.95 Å². The summed E-state index contributed by atoms with van der Waals surface area (Å²) < 4.78 is 6.40. The molecule has 3 aromatic heterocycles. The molecule has 0 bridgehead atoms. The second-order valence-corrected chi connectivity index (χ2v) is 8.45. The van der Waals surface area contributed by atoms with Crippen LogP contribution >= 0.6 is 0 Å². The lowest BCUT2D eigenvalue weighted by Gasteiger charge is -2.12. The molecule has 0 spiro atoms. The Balaban J connectivity index is 1.78. The van der Waals surface area contributed by atoms with E-state index in [1.54, 1.807) is 11.7 Å². The van der Waals surface area contributed by atoms with E-state index in [-0.39, 0.29) is 17.8 Å². The summed E-state index contributed by atoms with van der Waals surface area (Å²) in [6.45, 7) is 6.70. The number of benzene rings is 2. The average Bonchev–Trinajstić information content (AvgIpc) is 3.34. The van der Waals surface area contributed by atoms with Gasteiger partial charge in [-0.05, 0) is 42.7 Å². The predicted octanol–water partition coefficient (Wildman–Crippen LogP) is 3.31. The molecule has 8 heteroatoms. The highest BCUT2D eigenvalue weighted by Crippen LogP contribution is 2.20. The summed E-state index contributed by atoms with van der Waals surface area (Å²) in [6, 6.07) is 15.9. The van der Waals surface area contributed by atoms with E-state index >= 15 is 0 Å². The number of rotatable bonds is 5. The molecule has 3 heterocycles. The van der Waals surface area contributed by atoms with Crippen LogP contribution in [-0.2, 0) is 20.1 Å². The zero-order valence-corrected chi connectivity index (χ0v) is 19.2. The molecular formula is C25H26N6O2. The van der Waals surface area contributed by atoms with Crippen molar-refractivity contribution in [3.05, 3.63) is 86.3 Å². The second-order valence-electron chi connectivity index (χ2n) is 8.45. The minimum absolute atomic E-state index is 0.190. The quantitative estimate of drug-likeness (QED) is 0.418. The lowest BCUT2D eigenvalue weighted by Crippen LogP contribution is -2.40. The van der Waals surface area contributed by atoms with Gasteiger partial charge in [0.1, 0.15) is 0 Å². The SMILES string of the molecule is CCCn1c(-n2nc(C)cc2C)nc2c1c(=O)n(Cc1cccc3ccccc13)c(=O)n2C. The summed E-state index contributed by atoms with van der Waals surface area (Å²) in [6.07, 6.45) is 0.809. The molecule has 0 saturated heterocycles. The number of hydrogen-bond donors (Lipinski definition) is 0. The minimum Gasteiger partial charge on any atom is -0.302 e. The lowest BCUT2D eigenvalue weighted by atomic mass is 10.0. The third-order valence-corrected chi connectivity index (χ3v) is 6.07. The molecule has 0 unspecified atom stereocenters. The molecule has 0 aliphatic heterocycles. The molecule has 0 atom stereocenters. The summed E-state index contributed by atoms with van der Waals surface area (Å²) in [7, 11) is 1.66. The van der Waals surface area contributed by atoms with Crippen molar-refractivity contribution >= 4 is 21.9 Å². The molecule has 0 aliphatic rings. The Morgan fingerprint density at radius 2 is 1.73 bits per heavy atom. The van der Waals surface area contributed by atoms with Crippen LogP contribution in [0.2, 0.25) is 0 Å². The highest BCUT2D eigenvalue weighted by molar-refractivity contribution is 5.85. The average molecular weight is 443 g/mol. The molecule has 0 aliphatic carbocycles. The molecular weight excluding hydrogens is 416 g/mol. The van der Waals surface area contributed by atoms with Crippen molar-refractivity contribution in [3.8, 4) is 5.95 Å². The highest BCUT2D eigenvalue weighted by Gasteiger charge is 2.22. The number of aryl methyl sites for hydroxylation is 4. The van der Waals surface area contributed by atoms with Crippen LogP contribution < -0.4 is 11.2 Å². The third-order valence-electron chi connectivity index (χ3n) is 6.07. The van der Waals surface area contributed by atoms with E-state index in [1.165, 1.54) is 9.13 Å². The van der Waals surface area contributed by atoms with Gasteiger partial charge in [0.05, 0.1) is 12.2 Å². The van der Waals surface area contributed by atoms with Crippen molar-refractivity contribution in [3.63, 3.8) is 0 Å². The van der Waals surface area contributed by atoms with Crippen LogP contribution in [0.15, 0.2) is 58.1 Å². The Morgan fingerprint density at radius 1 is 0.970 bits per heavy atom. The number of fused-ring (bicyclic) bond motifs is 2. The molecule has 5 rings (SSSR count). The first kappa shape index (κ1) is 20.9. The van der Waals surface area contributed by atoms with Gasteiger partial charge >= 0.3 is 5.69 Å². The maximum absolute atomic E-state index is 13.7. The first-order valence-corrected chi connectivity index (χ1v) is 11.1. The standard InChI is InChI=1S/C25H26N6O2/c1-5-13-29-21-22(26-24(29)31-17(3)14-16(2)27-31)28(4)25(33)30(23(21)32)15-19-11-8-10-18-9-6-7-12-20(18)19/h6-12,14H,5,13,15H2,1-4H3. The van der Waals surface area contributed by atoms with Crippen LogP contribution in [0, 0.1) is 13.8 Å². The van der Waals surface area contributed by atoms with Gasteiger partial charge in [-0.3, -0.25) is 13.9 Å². The van der Waals surface area contributed by atoms with Crippen LogP contribution in [0.3, 0.4) is 0 Å². The van der Waals surface area contributed by atoms with Gasteiger partial charge < -0.3 is 4.57 Å². The Labute approximate surface area is 190 Å². The first-order valence-electron chi connectivity index (χ1n) is 11.1. The summed E-state index contributed by atoms with van der Waals surface area (Å²) in [5.74, 6) is 0.549. The van der Waals surface area contributed by atoms with E-state index in [0.717, 1.165) is 34.1 Å². The molecule has 5 aromatic rings. The predicted molar refractivity (Wildman–Crippen MR) is 129 cm³/mol. The topological polar surface area (TPSA) is 79.6 Å². The molecule has 8 nitrogen and oxygen atoms in total. The molecule has 33 heavy (non-hydrogen) atoms. The molecule has 0 saturated carbocycles. The Kier molecular flexibility index (Phi) is 5.00. The van der Waals surface area contributed by atoms with Crippen molar-refractivity contribution in [2.45, 2.75) is 40.3 Å². The highest BCUT2D eigenvalue weighted by atomic mass is 16.2. The number of aromatic nitrogens is 6. The maximum Gasteiger partial charge on any atom is 0.332 e. The smallest absolute Gasteiger partial charge is 0.302 e. The van der Waals surface area contributed by atoms with Crippen LogP contribution in [0.5, 0.6) is 0 Å². The Hall–Kier alpha value is -3.94. The summed E-state index contributed by atoms with van der Waals surface area (Å²) >= 11 is 0. The van der Waals surface area contributed by atoms with E-state index in [0.29, 0.717) is 23.7 Å². The fourth-order valence-corrected chi connectivity index (χ4v) is 4.53. The van der Waals surface area contributed by atoms with E-state index in [4.69, 9.17) is 4.98 Å². The van der Waals surface area contributed by atoms with E-state index < -0.39 is 0 Å². The monoisotopic (exact) mass is 442 g/mol. The Bertz CT molecular complexity index is 1630. The van der Waals surface area contributed by atoms with Gasteiger partial charge in [0.25, 0.3) is 5.56 Å². The van der Waals surface area contributed by atoms with Crippen LogP contribution in [0.25, 0.3) is 27.9 Å². The van der Waals surface area contributed by atoms with Gasteiger partial charge in [0, 0.05) is 19.3 Å². The van der Waals surface area contributed by atoms with Gasteiger partial charge in [-0.1, -0.05) is 49.4 Å². The first-order chi connectivity index (χ1) is 15.9. The summed E-state index contributed by atoms with van der Waals surface area (Å²) in [5.41, 5.74) is 2.77. The number of hydrogen-bond acceptors (Lipinski definition) is 4. The van der Waals surface area contributed by atoms with Crippen LogP contribution in [0.4, 0.5) is 0 Å². The van der Waals surface area contributed by atoms with Gasteiger partial charge in [0.15, 0.2) is 11.2 Å². The van der Waals surface area contributed by atoms with Crippen molar-refractivity contribution < 1.29 is 0 Å². The normalized spacial score (nSPS) is 11.6. The van der Waals surface area contributed by atoms with E-state index in [2.05, 4.69) is 5.10 Å². The number of nitrogens with zero attached hydrogens (tertiary/aromatic N) is 6. The van der Waals surface area contributed by atoms with Crippen molar-refractivity contribution in [2.24, 2.45) is 7.05 Å². The Morgan fingerprint density at radius 3 is 2.45 bits per heavy atom. The molecule has 0 N–H and O–H groups in total. The van der Waals surface area contributed by atoms with Crippen LogP contribution in [0.1, 0.15) is 30.3 Å². The summed E-state index contributed by atoms with van der Waals surface area (Å²) in [4.78, 5) is 31.7. The van der Waals surface area contributed by atoms with E-state index in [9.17, 15) is 9.59 Å². The molecule has 168 valence electrons. The minimum atomic E-state index is -0.387. The third kappa shape index (κ3) is 3.29. The van der Waals surface area contributed by atoms with Crippen LogP contribution in [-0.4, -0.2) is 28.5 Å². The molecule has 2 aromatic carbocycles. The molecule has 0 fully saturated rings. The van der Waals surface area contributed by atoms with Crippen molar-refractivity contribution in [2.75, 3.05) is 0 Å². The summed E-state index contributed by atoms with van der Waals surface area (Å²) in [5, 5.41) is 6.66. The van der Waals surface area contributed by atoms with E-state index in [1.807, 2.05) is 73.9 Å². The van der Waals surface area contributed by atoms with Gasteiger partial charge in [-0.15, -0.1) is 0 Å². The second kappa shape index (κ2) is 7.88. The fraction of sp³-hybridized carbons (Fsp3) is 0.280. The van der Waals surface area contributed by atoms with Gasteiger partial charge in [-0.2, -0.15) is 10.1 Å². The lowest BCUT2D eigenvalue weighted by molar-refractivity contribution is 0.630. The molecule has 0 radical (unpaired) electrons. The van der Waals surface area contributed by atoms with Crippen molar-refractivity contribution in [1.82, 2.24) is 28.5 Å².